The zero-order valence-corrected chi connectivity index (χ0v) is 13.3. The SMILES string of the molecule is CCNC(CCN(C)C(C)COC)c1cccc(F)c1F. The van der Waals surface area contributed by atoms with Crippen LogP contribution in [0.15, 0.2) is 18.2 Å². The van der Waals surface area contributed by atoms with Crippen LogP contribution < -0.4 is 5.32 Å². The Kier molecular flexibility index (Phi) is 7.78. The molecule has 0 heterocycles. The molecule has 0 bridgehead atoms. The molecule has 0 saturated carbocycles. The number of methoxy groups -OCH3 is 1. The van der Waals surface area contributed by atoms with E-state index in [0.29, 0.717) is 25.1 Å². The summed E-state index contributed by atoms with van der Waals surface area (Å²) >= 11 is 0. The lowest BCUT2D eigenvalue weighted by molar-refractivity contribution is 0.113. The van der Waals surface area contributed by atoms with Crippen molar-refractivity contribution in [2.45, 2.75) is 32.4 Å². The van der Waals surface area contributed by atoms with Crippen LogP contribution in [0.1, 0.15) is 31.9 Å². The molecule has 0 spiro atoms. The van der Waals surface area contributed by atoms with Gasteiger partial charge < -0.3 is 15.0 Å². The van der Waals surface area contributed by atoms with Gasteiger partial charge in [0.15, 0.2) is 11.6 Å². The lowest BCUT2D eigenvalue weighted by Gasteiger charge is -2.27. The Morgan fingerprint density at radius 3 is 2.67 bits per heavy atom. The zero-order valence-electron chi connectivity index (χ0n) is 13.3. The van der Waals surface area contributed by atoms with Crippen molar-refractivity contribution in [2.24, 2.45) is 0 Å². The molecule has 1 N–H and O–H groups in total. The molecule has 3 nitrogen and oxygen atoms in total. The first-order valence-corrected chi connectivity index (χ1v) is 7.37. The van der Waals surface area contributed by atoms with Gasteiger partial charge in [0.25, 0.3) is 0 Å². The van der Waals surface area contributed by atoms with Crippen LogP contribution >= 0.6 is 0 Å². The van der Waals surface area contributed by atoms with Crippen molar-refractivity contribution in [2.75, 3.05) is 33.9 Å². The van der Waals surface area contributed by atoms with E-state index in [2.05, 4.69) is 17.1 Å². The molecule has 0 aliphatic carbocycles. The molecule has 0 radical (unpaired) electrons. The van der Waals surface area contributed by atoms with Gasteiger partial charge in [0.05, 0.1) is 6.61 Å². The number of nitrogens with one attached hydrogen (secondary N) is 1. The third-order valence-corrected chi connectivity index (χ3v) is 3.74. The summed E-state index contributed by atoms with van der Waals surface area (Å²) in [5.41, 5.74) is 0.393. The average Bonchev–Trinajstić information content (AvgIpc) is 2.46. The maximum Gasteiger partial charge on any atom is 0.163 e. The van der Waals surface area contributed by atoms with E-state index in [1.165, 1.54) is 0 Å². The zero-order chi connectivity index (χ0) is 15.8. The fourth-order valence-electron chi connectivity index (χ4n) is 2.33. The van der Waals surface area contributed by atoms with Crippen LogP contribution in [0, 0.1) is 11.6 Å². The van der Waals surface area contributed by atoms with E-state index in [0.717, 1.165) is 12.6 Å². The predicted molar refractivity (Wildman–Crippen MR) is 81.4 cm³/mol. The molecule has 1 aromatic rings. The quantitative estimate of drug-likeness (QED) is 0.759. The topological polar surface area (TPSA) is 24.5 Å². The number of rotatable bonds is 9. The van der Waals surface area contributed by atoms with E-state index in [-0.39, 0.29) is 12.1 Å². The number of nitrogens with zero attached hydrogens (tertiary/aromatic N) is 1. The molecule has 21 heavy (non-hydrogen) atoms. The highest BCUT2D eigenvalue weighted by molar-refractivity contribution is 5.22. The van der Waals surface area contributed by atoms with Gasteiger partial charge in [0.2, 0.25) is 0 Å². The van der Waals surface area contributed by atoms with Crippen molar-refractivity contribution in [3.8, 4) is 0 Å². The van der Waals surface area contributed by atoms with E-state index in [1.54, 1.807) is 19.2 Å². The summed E-state index contributed by atoms with van der Waals surface area (Å²) in [6.45, 7) is 6.17. The van der Waals surface area contributed by atoms with Crippen LogP contribution in [-0.2, 0) is 4.74 Å². The fourth-order valence-corrected chi connectivity index (χ4v) is 2.33. The first-order valence-electron chi connectivity index (χ1n) is 7.37. The Labute approximate surface area is 126 Å². The largest absolute Gasteiger partial charge is 0.383 e. The molecule has 0 fully saturated rings. The molecule has 5 heteroatoms. The Balaban J connectivity index is 2.72. The van der Waals surface area contributed by atoms with Crippen molar-refractivity contribution in [1.82, 2.24) is 10.2 Å². The first kappa shape index (κ1) is 18.0. The van der Waals surface area contributed by atoms with Crippen molar-refractivity contribution in [3.05, 3.63) is 35.4 Å². The summed E-state index contributed by atoms with van der Waals surface area (Å²) in [5.74, 6) is -1.55. The monoisotopic (exact) mass is 300 g/mol. The molecule has 2 unspecified atom stereocenters. The summed E-state index contributed by atoms with van der Waals surface area (Å²) < 4.78 is 32.4. The molecule has 2 atom stereocenters. The van der Waals surface area contributed by atoms with Gasteiger partial charge in [0.1, 0.15) is 0 Å². The summed E-state index contributed by atoms with van der Waals surface area (Å²) in [7, 11) is 3.68. The molecule has 1 aromatic carbocycles. The van der Waals surface area contributed by atoms with E-state index in [1.807, 2.05) is 14.0 Å². The van der Waals surface area contributed by atoms with Gasteiger partial charge in [-0.1, -0.05) is 19.1 Å². The third kappa shape index (κ3) is 5.34. The van der Waals surface area contributed by atoms with Gasteiger partial charge in [-0.05, 0) is 33.0 Å². The van der Waals surface area contributed by atoms with E-state index in [9.17, 15) is 8.78 Å². The lowest BCUT2D eigenvalue weighted by Crippen LogP contribution is -2.35. The second-order valence-corrected chi connectivity index (χ2v) is 5.33. The fraction of sp³-hybridized carbons (Fsp3) is 0.625. The van der Waals surface area contributed by atoms with Crippen molar-refractivity contribution in [3.63, 3.8) is 0 Å². The van der Waals surface area contributed by atoms with Gasteiger partial charge in [0, 0.05) is 31.3 Å². The summed E-state index contributed by atoms with van der Waals surface area (Å²) in [6.07, 6.45) is 0.707. The highest BCUT2D eigenvalue weighted by atomic mass is 19.2. The van der Waals surface area contributed by atoms with Crippen LogP contribution in [0.4, 0.5) is 8.78 Å². The third-order valence-electron chi connectivity index (χ3n) is 3.74. The highest BCUT2D eigenvalue weighted by Crippen LogP contribution is 2.22. The number of ether oxygens (including phenoxy) is 1. The lowest BCUT2D eigenvalue weighted by atomic mass is 10.0. The summed E-state index contributed by atoms with van der Waals surface area (Å²) in [5, 5.41) is 3.23. The van der Waals surface area contributed by atoms with Gasteiger partial charge in [-0.3, -0.25) is 0 Å². The van der Waals surface area contributed by atoms with Crippen LogP contribution in [0.2, 0.25) is 0 Å². The molecule has 1 rings (SSSR count). The smallest absolute Gasteiger partial charge is 0.163 e. The summed E-state index contributed by atoms with van der Waals surface area (Å²) in [4.78, 5) is 2.16. The minimum Gasteiger partial charge on any atom is -0.383 e. The molecule has 0 aromatic heterocycles. The maximum atomic E-state index is 13.9. The number of likely N-dealkylation sites (N-methyl/N-ethyl adjacent to an activating group) is 1. The maximum absolute atomic E-state index is 13.9. The van der Waals surface area contributed by atoms with Crippen LogP contribution in [0.3, 0.4) is 0 Å². The standard InChI is InChI=1S/C16H26F2N2O/c1-5-19-15(9-10-20(3)12(2)11-21-4)13-7-6-8-14(17)16(13)18/h6-8,12,15,19H,5,9-11H2,1-4H3. The van der Waals surface area contributed by atoms with Crippen molar-refractivity contribution in [1.29, 1.82) is 0 Å². The number of halogens is 2. The number of hydrogen-bond acceptors (Lipinski definition) is 3. The molecule has 0 amide bonds. The van der Waals surface area contributed by atoms with Gasteiger partial charge in [-0.2, -0.15) is 0 Å². The normalized spacial score (nSPS) is 14.4. The number of hydrogen-bond donors (Lipinski definition) is 1. The molecule has 0 aliphatic rings. The molecule has 0 saturated heterocycles. The van der Waals surface area contributed by atoms with E-state index in [4.69, 9.17) is 4.74 Å². The van der Waals surface area contributed by atoms with Crippen LogP contribution in [0.25, 0.3) is 0 Å². The Morgan fingerprint density at radius 2 is 2.05 bits per heavy atom. The molecule has 120 valence electrons. The minimum absolute atomic E-state index is 0.192. The molecular formula is C16H26F2N2O. The summed E-state index contributed by atoms with van der Waals surface area (Å²) in [6, 6.07) is 4.44. The highest BCUT2D eigenvalue weighted by Gasteiger charge is 2.19. The number of benzene rings is 1. The van der Waals surface area contributed by atoms with Crippen LogP contribution in [-0.4, -0.2) is 44.8 Å². The molecular weight excluding hydrogens is 274 g/mol. The van der Waals surface area contributed by atoms with Gasteiger partial charge >= 0.3 is 0 Å². The van der Waals surface area contributed by atoms with Crippen molar-refractivity contribution >= 4 is 0 Å². The second kappa shape index (κ2) is 9.07. The van der Waals surface area contributed by atoms with E-state index >= 15 is 0 Å². The van der Waals surface area contributed by atoms with Gasteiger partial charge in [-0.15, -0.1) is 0 Å². The Morgan fingerprint density at radius 1 is 1.33 bits per heavy atom. The Hall–Kier alpha value is -1.04. The predicted octanol–water partition coefficient (Wildman–Crippen LogP) is 2.97. The minimum atomic E-state index is -0.795. The Bertz CT molecular complexity index is 429. The molecule has 0 aliphatic heterocycles. The van der Waals surface area contributed by atoms with Gasteiger partial charge in [-0.25, -0.2) is 8.78 Å². The van der Waals surface area contributed by atoms with Crippen molar-refractivity contribution < 1.29 is 13.5 Å². The van der Waals surface area contributed by atoms with Crippen LogP contribution in [0.5, 0.6) is 0 Å². The second-order valence-electron chi connectivity index (χ2n) is 5.33. The first-order chi connectivity index (χ1) is 10.0. The average molecular weight is 300 g/mol. The van der Waals surface area contributed by atoms with E-state index < -0.39 is 11.6 Å².